The molecule has 1 heterocycles. The molecule has 2 aliphatic rings. The average molecular weight is 484 g/mol. The number of rotatable bonds is 8. The maximum absolute atomic E-state index is 12.8. The molecule has 0 spiro atoms. The van der Waals surface area contributed by atoms with Gasteiger partial charge in [-0.2, -0.15) is 21.6 Å². The molecule has 0 N–H and O–H groups in total. The van der Waals surface area contributed by atoms with E-state index >= 15 is 0 Å². The Balaban J connectivity index is 2.04. The molecule has 0 aromatic heterocycles. The minimum Gasteiger partial charge on any atom is -0.487 e. The molecule has 1 aromatic rings. The molecule has 32 heavy (non-hydrogen) atoms. The lowest BCUT2D eigenvalue weighted by Gasteiger charge is -2.49. The second kappa shape index (κ2) is 9.24. The van der Waals surface area contributed by atoms with Crippen molar-refractivity contribution in [3.8, 4) is 17.2 Å². The van der Waals surface area contributed by atoms with Gasteiger partial charge in [0.1, 0.15) is 29.6 Å². The first kappa shape index (κ1) is 24.9. The number of methoxy groups -OCH3 is 2. The van der Waals surface area contributed by atoms with E-state index < -0.39 is 27.0 Å². The zero-order chi connectivity index (χ0) is 23.7. The van der Waals surface area contributed by atoms with Crippen molar-refractivity contribution >= 4 is 10.1 Å². The molecule has 8 nitrogen and oxygen atoms in total. The van der Waals surface area contributed by atoms with Crippen molar-refractivity contribution in [2.45, 2.75) is 56.2 Å². The molecule has 1 fully saturated rings. The fraction of sp³-hybridized carbons (Fsp3) is 0.700. The van der Waals surface area contributed by atoms with E-state index in [1.165, 1.54) is 14.2 Å². The van der Waals surface area contributed by atoms with E-state index in [-0.39, 0.29) is 43.0 Å². The van der Waals surface area contributed by atoms with Crippen molar-refractivity contribution < 1.29 is 49.5 Å². The molecule has 0 bridgehead atoms. The van der Waals surface area contributed by atoms with E-state index in [9.17, 15) is 21.6 Å². The van der Waals surface area contributed by atoms with Crippen molar-refractivity contribution in [2.24, 2.45) is 5.92 Å². The molecule has 1 saturated carbocycles. The maximum Gasteiger partial charge on any atom is 0.534 e. The van der Waals surface area contributed by atoms with Crippen LogP contribution >= 0.6 is 0 Å². The second-order valence-corrected chi connectivity index (χ2v) is 9.83. The van der Waals surface area contributed by atoms with Gasteiger partial charge in [0.2, 0.25) is 0 Å². The molecule has 3 rings (SSSR count). The molecule has 0 saturated heterocycles. The summed E-state index contributed by atoms with van der Waals surface area (Å²) in [6.07, 6.45) is 2.11. The van der Waals surface area contributed by atoms with Gasteiger partial charge in [-0.3, -0.25) is 0 Å². The third-order valence-corrected chi connectivity index (χ3v) is 6.74. The summed E-state index contributed by atoms with van der Waals surface area (Å²) >= 11 is 0. The van der Waals surface area contributed by atoms with E-state index in [1.807, 2.05) is 13.8 Å². The largest absolute Gasteiger partial charge is 0.534 e. The lowest BCUT2D eigenvalue weighted by molar-refractivity contribution is -0.105. The van der Waals surface area contributed by atoms with E-state index in [0.29, 0.717) is 12.0 Å². The van der Waals surface area contributed by atoms with Crippen molar-refractivity contribution in [3.05, 3.63) is 17.7 Å². The van der Waals surface area contributed by atoms with E-state index in [2.05, 4.69) is 4.18 Å². The first-order valence-corrected chi connectivity index (χ1v) is 11.4. The highest BCUT2D eigenvalue weighted by Crippen LogP contribution is 2.55. The van der Waals surface area contributed by atoms with Crippen LogP contribution in [-0.4, -0.2) is 53.4 Å². The van der Waals surface area contributed by atoms with Crippen LogP contribution in [0.1, 0.15) is 44.6 Å². The number of hydrogen-bond acceptors (Lipinski definition) is 8. The molecule has 0 unspecified atom stereocenters. The van der Waals surface area contributed by atoms with Gasteiger partial charge in [-0.1, -0.05) is 0 Å². The minimum atomic E-state index is -5.86. The standard InChI is InChI=1S/C20H27F3O8S/c1-19(2)15-6-5-12(28-10-26-3)7-14(15)18-16(29-11-27-4)8-13(9-17(18)30-19)31-32(24,25)20(21,22)23/h8-9,12,14-15H,5-7,10-11H2,1-4H3/t12-,14+,15+/m0/s1. The summed E-state index contributed by atoms with van der Waals surface area (Å²) in [7, 11) is -2.94. The third-order valence-electron chi connectivity index (χ3n) is 5.76. The van der Waals surface area contributed by atoms with Crippen LogP contribution in [0, 0.1) is 5.92 Å². The predicted octanol–water partition coefficient (Wildman–Crippen LogP) is 3.94. The predicted molar refractivity (Wildman–Crippen MR) is 106 cm³/mol. The Morgan fingerprint density at radius 1 is 1.12 bits per heavy atom. The smallest absolute Gasteiger partial charge is 0.487 e. The molecule has 0 amide bonds. The highest BCUT2D eigenvalue weighted by atomic mass is 32.2. The topological polar surface area (TPSA) is 89.5 Å². The Morgan fingerprint density at radius 2 is 1.81 bits per heavy atom. The Kier molecular flexibility index (Phi) is 7.18. The van der Waals surface area contributed by atoms with Crippen molar-refractivity contribution in [1.29, 1.82) is 0 Å². The van der Waals surface area contributed by atoms with Crippen LogP contribution in [0.25, 0.3) is 0 Å². The summed E-state index contributed by atoms with van der Waals surface area (Å²) in [5, 5.41) is 0. The van der Waals surface area contributed by atoms with Gasteiger partial charge in [0.25, 0.3) is 0 Å². The van der Waals surface area contributed by atoms with Crippen molar-refractivity contribution in [1.82, 2.24) is 0 Å². The van der Waals surface area contributed by atoms with Crippen LogP contribution in [0.15, 0.2) is 12.1 Å². The highest BCUT2D eigenvalue weighted by molar-refractivity contribution is 7.88. The summed E-state index contributed by atoms with van der Waals surface area (Å²) in [5.74, 6) is -0.263. The van der Waals surface area contributed by atoms with E-state index in [1.54, 1.807) is 0 Å². The fourth-order valence-electron chi connectivity index (χ4n) is 4.45. The molecule has 3 atom stereocenters. The molecular weight excluding hydrogens is 457 g/mol. The van der Waals surface area contributed by atoms with Crippen molar-refractivity contribution in [2.75, 3.05) is 27.8 Å². The van der Waals surface area contributed by atoms with Crippen LogP contribution < -0.4 is 13.7 Å². The van der Waals surface area contributed by atoms with Gasteiger partial charge >= 0.3 is 15.6 Å². The Hall–Kier alpha value is -1.76. The van der Waals surface area contributed by atoms with Crippen LogP contribution in [0.5, 0.6) is 17.2 Å². The monoisotopic (exact) mass is 484 g/mol. The first-order chi connectivity index (χ1) is 14.9. The van der Waals surface area contributed by atoms with Gasteiger partial charge in [0.15, 0.2) is 6.79 Å². The van der Waals surface area contributed by atoms with Gasteiger partial charge < -0.3 is 27.9 Å². The molecule has 1 aromatic carbocycles. The van der Waals surface area contributed by atoms with Crippen LogP contribution in [0.3, 0.4) is 0 Å². The average Bonchev–Trinajstić information content (AvgIpc) is 2.68. The van der Waals surface area contributed by atoms with Gasteiger partial charge in [0.05, 0.1) is 6.10 Å². The second-order valence-electron chi connectivity index (χ2n) is 8.29. The van der Waals surface area contributed by atoms with Gasteiger partial charge in [0, 0.05) is 43.8 Å². The molecule has 1 aliphatic heterocycles. The Labute approximate surface area is 185 Å². The van der Waals surface area contributed by atoms with Gasteiger partial charge in [-0.05, 0) is 33.1 Å². The summed E-state index contributed by atoms with van der Waals surface area (Å²) in [4.78, 5) is 0. The normalized spacial score (nSPS) is 24.8. The quantitative estimate of drug-likeness (QED) is 0.311. The maximum atomic E-state index is 12.8. The lowest BCUT2D eigenvalue weighted by Crippen LogP contribution is -2.48. The number of alkyl halides is 3. The minimum absolute atomic E-state index is 0.0768. The van der Waals surface area contributed by atoms with Gasteiger partial charge in [-0.15, -0.1) is 0 Å². The first-order valence-electron chi connectivity index (χ1n) is 9.99. The summed E-state index contributed by atoms with van der Waals surface area (Å²) < 4.78 is 93.3. The summed E-state index contributed by atoms with van der Waals surface area (Å²) in [6.45, 7) is 3.72. The Bertz CT molecular complexity index is 916. The zero-order valence-electron chi connectivity index (χ0n) is 18.2. The third kappa shape index (κ3) is 5.08. The fourth-order valence-corrected chi connectivity index (χ4v) is 4.89. The molecule has 0 radical (unpaired) electrons. The molecule has 182 valence electrons. The van der Waals surface area contributed by atoms with E-state index in [4.69, 9.17) is 23.7 Å². The van der Waals surface area contributed by atoms with Crippen LogP contribution in [-0.2, 0) is 24.3 Å². The summed E-state index contributed by atoms with van der Waals surface area (Å²) in [6, 6.07) is 2.26. The Morgan fingerprint density at radius 3 is 2.44 bits per heavy atom. The molecule has 12 heteroatoms. The van der Waals surface area contributed by atoms with E-state index in [0.717, 1.165) is 25.0 Å². The SMILES string of the molecule is COCOc1cc(OS(=O)(=O)C(F)(F)F)cc2c1[C@@H]1C[C@@H](OCOC)CC[C@H]1C(C)(C)O2. The van der Waals surface area contributed by atoms with Crippen LogP contribution in [0.2, 0.25) is 0 Å². The highest BCUT2D eigenvalue weighted by Gasteiger charge is 2.50. The van der Waals surface area contributed by atoms with Crippen LogP contribution in [0.4, 0.5) is 13.2 Å². The number of hydrogen-bond donors (Lipinski definition) is 0. The number of fused-ring (bicyclic) bond motifs is 3. The van der Waals surface area contributed by atoms with Gasteiger partial charge in [-0.25, -0.2) is 0 Å². The zero-order valence-corrected chi connectivity index (χ0v) is 19.0. The number of benzene rings is 1. The molecular formula is C20H27F3O8S. The lowest BCUT2D eigenvalue weighted by atomic mass is 9.66. The van der Waals surface area contributed by atoms with Crippen molar-refractivity contribution in [3.63, 3.8) is 0 Å². The number of halogens is 3. The summed E-state index contributed by atoms with van der Waals surface area (Å²) in [5.41, 5.74) is -5.62. The number of ether oxygens (including phenoxy) is 5. The molecule has 1 aliphatic carbocycles.